The zero-order chi connectivity index (χ0) is 10.3. The van der Waals surface area contributed by atoms with Gasteiger partial charge in [-0.1, -0.05) is 46.5 Å². The quantitative estimate of drug-likeness (QED) is 0.600. The van der Waals surface area contributed by atoms with Gasteiger partial charge < -0.3 is 11.5 Å². The van der Waals surface area contributed by atoms with E-state index >= 15 is 0 Å². The fourth-order valence-electron chi connectivity index (χ4n) is 1.44. The third kappa shape index (κ3) is 7.03. The van der Waals surface area contributed by atoms with E-state index in [1.807, 2.05) is 0 Å². The molecular weight excluding hydrogens is 160 g/mol. The van der Waals surface area contributed by atoms with Gasteiger partial charge in [0.05, 0.1) is 6.17 Å². The van der Waals surface area contributed by atoms with Crippen molar-refractivity contribution in [3.63, 3.8) is 0 Å². The van der Waals surface area contributed by atoms with E-state index in [0.29, 0.717) is 5.92 Å². The molecule has 0 aromatic heterocycles. The van der Waals surface area contributed by atoms with Gasteiger partial charge in [-0.05, 0) is 18.3 Å². The van der Waals surface area contributed by atoms with E-state index in [2.05, 4.69) is 20.8 Å². The molecule has 0 saturated heterocycles. The van der Waals surface area contributed by atoms with Crippen LogP contribution in [0.25, 0.3) is 0 Å². The molecule has 2 atom stereocenters. The highest BCUT2D eigenvalue weighted by Crippen LogP contribution is 2.17. The summed E-state index contributed by atoms with van der Waals surface area (Å²) < 4.78 is 0. The molecule has 0 aliphatic rings. The zero-order valence-electron chi connectivity index (χ0n) is 9.42. The maximum absolute atomic E-state index is 5.60. The molecule has 0 aliphatic carbocycles. The maximum Gasteiger partial charge on any atom is 0.0547 e. The van der Waals surface area contributed by atoms with Gasteiger partial charge in [0.15, 0.2) is 0 Å². The summed E-state index contributed by atoms with van der Waals surface area (Å²) >= 11 is 0. The largest absolute Gasteiger partial charge is 0.316 e. The first kappa shape index (κ1) is 12.9. The first-order valence-electron chi connectivity index (χ1n) is 5.59. The molecule has 0 radical (unpaired) electrons. The molecule has 0 aliphatic heterocycles. The standard InChI is InChI=1S/C11H26N2/c1-4-5-6-9(2)7-8-10(3)11(12)13/h9-11H,4-8,12-13H2,1-3H3. The van der Waals surface area contributed by atoms with Gasteiger partial charge in [-0.25, -0.2) is 0 Å². The van der Waals surface area contributed by atoms with Gasteiger partial charge in [0.1, 0.15) is 0 Å². The van der Waals surface area contributed by atoms with E-state index in [-0.39, 0.29) is 6.17 Å². The van der Waals surface area contributed by atoms with Crippen molar-refractivity contribution in [2.24, 2.45) is 23.3 Å². The summed E-state index contributed by atoms with van der Waals surface area (Å²) in [5.74, 6) is 1.30. The number of rotatable bonds is 7. The molecule has 0 saturated carbocycles. The SMILES string of the molecule is CCCCC(C)CCC(C)C(N)N. The number of unbranched alkanes of at least 4 members (excludes halogenated alkanes) is 1. The van der Waals surface area contributed by atoms with Crippen LogP contribution in [-0.4, -0.2) is 6.17 Å². The lowest BCUT2D eigenvalue weighted by molar-refractivity contribution is 0.366. The Bertz CT molecular complexity index is 113. The average Bonchev–Trinajstić information content (AvgIpc) is 2.10. The molecule has 2 nitrogen and oxygen atoms in total. The number of nitrogens with two attached hydrogens (primary N) is 2. The van der Waals surface area contributed by atoms with Gasteiger partial charge in [-0.2, -0.15) is 0 Å². The zero-order valence-corrected chi connectivity index (χ0v) is 9.42. The molecule has 0 fully saturated rings. The maximum atomic E-state index is 5.60. The van der Waals surface area contributed by atoms with Crippen LogP contribution < -0.4 is 11.5 Å². The monoisotopic (exact) mass is 186 g/mol. The summed E-state index contributed by atoms with van der Waals surface area (Å²) in [7, 11) is 0. The third-order valence-corrected chi connectivity index (χ3v) is 2.82. The highest BCUT2D eigenvalue weighted by atomic mass is 14.9. The fraction of sp³-hybridized carbons (Fsp3) is 1.00. The lowest BCUT2D eigenvalue weighted by Gasteiger charge is -2.17. The molecule has 2 unspecified atom stereocenters. The summed E-state index contributed by atoms with van der Waals surface area (Å²) in [5, 5.41) is 0. The van der Waals surface area contributed by atoms with Crippen molar-refractivity contribution in [2.45, 2.75) is 59.0 Å². The van der Waals surface area contributed by atoms with E-state index in [4.69, 9.17) is 11.5 Å². The van der Waals surface area contributed by atoms with Crippen LogP contribution in [0.4, 0.5) is 0 Å². The minimum absolute atomic E-state index is 0.140. The molecule has 0 bridgehead atoms. The Morgan fingerprint density at radius 3 is 2.08 bits per heavy atom. The predicted molar refractivity (Wildman–Crippen MR) is 59.2 cm³/mol. The Morgan fingerprint density at radius 2 is 1.62 bits per heavy atom. The summed E-state index contributed by atoms with van der Waals surface area (Å²) in [6.07, 6.45) is 6.30. The van der Waals surface area contributed by atoms with Crippen LogP contribution in [0.15, 0.2) is 0 Å². The average molecular weight is 186 g/mol. The Morgan fingerprint density at radius 1 is 1.00 bits per heavy atom. The van der Waals surface area contributed by atoms with Crippen LogP contribution in [0.3, 0.4) is 0 Å². The van der Waals surface area contributed by atoms with Crippen molar-refractivity contribution in [1.82, 2.24) is 0 Å². The van der Waals surface area contributed by atoms with Gasteiger partial charge in [0, 0.05) is 0 Å². The van der Waals surface area contributed by atoms with Gasteiger partial charge in [-0.15, -0.1) is 0 Å². The minimum Gasteiger partial charge on any atom is -0.316 e. The van der Waals surface area contributed by atoms with Gasteiger partial charge in [0.2, 0.25) is 0 Å². The van der Waals surface area contributed by atoms with Crippen molar-refractivity contribution in [3.8, 4) is 0 Å². The van der Waals surface area contributed by atoms with Gasteiger partial charge >= 0.3 is 0 Å². The Hall–Kier alpha value is -0.0800. The van der Waals surface area contributed by atoms with Gasteiger partial charge in [-0.3, -0.25) is 0 Å². The van der Waals surface area contributed by atoms with Crippen molar-refractivity contribution in [3.05, 3.63) is 0 Å². The molecule has 0 spiro atoms. The van der Waals surface area contributed by atoms with E-state index in [1.54, 1.807) is 0 Å². The highest BCUT2D eigenvalue weighted by Gasteiger charge is 2.09. The van der Waals surface area contributed by atoms with Crippen molar-refractivity contribution < 1.29 is 0 Å². The third-order valence-electron chi connectivity index (χ3n) is 2.82. The van der Waals surface area contributed by atoms with Crippen LogP contribution in [0.2, 0.25) is 0 Å². The Kier molecular flexibility index (Phi) is 7.29. The summed E-state index contributed by atoms with van der Waals surface area (Å²) in [5.41, 5.74) is 11.2. The second kappa shape index (κ2) is 7.34. The Balaban J connectivity index is 3.40. The highest BCUT2D eigenvalue weighted by molar-refractivity contribution is 4.64. The van der Waals surface area contributed by atoms with Crippen LogP contribution in [-0.2, 0) is 0 Å². The molecular formula is C11H26N2. The molecule has 0 amide bonds. The smallest absolute Gasteiger partial charge is 0.0547 e. The molecule has 0 heterocycles. The number of hydrogen-bond acceptors (Lipinski definition) is 2. The van der Waals surface area contributed by atoms with E-state index in [9.17, 15) is 0 Å². The summed E-state index contributed by atoms with van der Waals surface area (Å²) in [6, 6.07) is 0. The molecule has 13 heavy (non-hydrogen) atoms. The van der Waals surface area contributed by atoms with Crippen LogP contribution >= 0.6 is 0 Å². The predicted octanol–water partition coefficient (Wildman–Crippen LogP) is 2.47. The van der Waals surface area contributed by atoms with E-state index in [0.717, 1.165) is 5.92 Å². The lowest BCUT2D eigenvalue weighted by atomic mass is 9.93. The number of hydrogen-bond donors (Lipinski definition) is 2. The van der Waals surface area contributed by atoms with E-state index < -0.39 is 0 Å². The molecule has 0 aromatic carbocycles. The normalized spacial score (nSPS) is 16.2. The first-order valence-corrected chi connectivity index (χ1v) is 5.59. The lowest BCUT2D eigenvalue weighted by Crippen LogP contribution is -2.37. The first-order chi connectivity index (χ1) is 6.07. The second-order valence-corrected chi connectivity index (χ2v) is 4.38. The minimum atomic E-state index is -0.140. The summed E-state index contributed by atoms with van der Waals surface area (Å²) in [6.45, 7) is 6.70. The topological polar surface area (TPSA) is 52.0 Å². The van der Waals surface area contributed by atoms with Crippen molar-refractivity contribution in [1.29, 1.82) is 0 Å². The van der Waals surface area contributed by atoms with Crippen LogP contribution in [0.1, 0.15) is 52.9 Å². The Labute approximate surface area is 83.1 Å². The van der Waals surface area contributed by atoms with Crippen LogP contribution in [0.5, 0.6) is 0 Å². The van der Waals surface area contributed by atoms with E-state index in [1.165, 1.54) is 32.1 Å². The molecule has 2 heteroatoms. The second-order valence-electron chi connectivity index (χ2n) is 4.38. The molecule has 0 rings (SSSR count). The molecule has 4 N–H and O–H groups in total. The van der Waals surface area contributed by atoms with Gasteiger partial charge in [0.25, 0.3) is 0 Å². The molecule has 0 aromatic rings. The van der Waals surface area contributed by atoms with Crippen molar-refractivity contribution in [2.75, 3.05) is 0 Å². The fourth-order valence-corrected chi connectivity index (χ4v) is 1.44. The molecule has 80 valence electrons. The van der Waals surface area contributed by atoms with Crippen molar-refractivity contribution >= 4 is 0 Å². The van der Waals surface area contributed by atoms with Crippen LogP contribution in [0, 0.1) is 11.8 Å². The summed E-state index contributed by atoms with van der Waals surface area (Å²) in [4.78, 5) is 0.